The van der Waals surface area contributed by atoms with Crippen LogP contribution in [-0.4, -0.2) is 17.1 Å². The summed E-state index contributed by atoms with van der Waals surface area (Å²) in [4.78, 5) is 21.8. The number of rotatable bonds is 4. The third kappa shape index (κ3) is 3.04. The second kappa shape index (κ2) is 7.33. The van der Waals surface area contributed by atoms with E-state index in [0.717, 1.165) is 5.52 Å². The van der Waals surface area contributed by atoms with Crippen LogP contribution in [0.15, 0.2) is 88.3 Å². The van der Waals surface area contributed by atoms with Gasteiger partial charge in [-0.25, -0.2) is 9.97 Å². The molecule has 146 valence electrons. The van der Waals surface area contributed by atoms with Gasteiger partial charge in [0.1, 0.15) is 17.7 Å². The zero-order chi connectivity index (χ0) is 20.5. The molecule has 5 aromatic rings. The van der Waals surface area contributed by atoms with Gasteiger partial charge in [-0.05, 0) is 48.5 Å². The molecule has 0 radical (unpaired) electrons. The van der Waals surface area contributed by atoms with Crippen molar-refractivity contribution < 1.29 is 13.9 Å². The van der Waals surface area contributed by atoms with Crippen molar-refractivity contribution in [2.24, 2.45) is 0 Å². The van der Waals surface area contributed by atoms with Crippen molar-refractivity contribution in [2.75, 3.05) is 7.11 Å². The molecule has 0 amide bonds. The summed E-state index contributed by atoms with van der Waals surface area (Å²) in [7, 11) is 1.60. The van der Waals surface area contributed by atoms with E-state index in [4.69, 9.17) is 13.9 Å². The minimum atomic E-state index is -0.273. The zero-order valence-electron chi connectivity index (χ0n) is 16.0. The van der Waals surface area contributed by atoms with Crippen molar-refractivity contribution in [3.05, 3.63) is 89.3 Å². The lowest BCUT2D eigenvalue weighted by atomic mass is 10.1. The number of fused-ring (bicyclic) bond motifs is 2. The fourth-order valence-corrected chi connectivity index (χ4v) is 3.31. The lowest BCUT2D eigenvalue weighted by Crippen LogP contribution is -2.08. The number of ether oxygens (including phenoxy) is 2. The Hall–Kier alpha value is -4.19. The van der Waals surface area contributed by atoms with Gasteiger partial charge in [-0.15, -0.1) is 0 Å². The lowest BCUT2D eigenvalue weighted by Gasteiger charge is -2.12. The maximum Gasteiger partial charge on any atom is 0.235 e. The molecule has 0 fully saturated rings. The minimum Gasteiger partial charge on any atom is -0.497 e. The van der Waals surface area contributed by atoms with Gasteiger partial charge < -0.3 is 13.9 Å². The Kier molecular flexibility index (Phi) is 4.37. The van der Waals surface area contributed by atoms with Crippen molar-refractivity contribution in [2.45, 2.75) is 0 Å². The van der Waals surface area contributed by atoms with E-state index in [1.807, 2.05) is 42.5 Å². The first kappa shape index (κ1) is 17.9. The van der Waals surface area contributed by atoms with Crippen molar-refractivity contribution in [3.8, 4) is 28.7 Å². The summed E-state index contributed by atoms with van der Waals surface area (Å²) in [6, 6.07) is 21.8. The first-order chi connectivity index (χ1) is 14.7. The number of hydrogen-bond donors (Lipinski definition) is 0. The third-order valence-electron chi connectivity index (χ3n) is 4.81. The molecule has 0 N–H and O–H groups in total. The fourth-order valence-electron chi connectivity index (χ4n) is 3.31. The molecule has 0 spiro atoms. The van der Waals surface area contributed by atoms with Crippen LogP contribution >= 0.6 is 0 Å². The molecule has 6 nitrogen and oxygen atoms in total. The monoisotopic (exact) mass is 396 g/mol. The topological polar surface area (TPSA) is 74.5 Å². The van der Waals surface area contributed by atoms with E-state index >= 15 is 0 Å². The lowest BCUT2D eigenvalue weighted by molar-refractivity contribution is 0.414. The normalized spacial score (nSPS) is 11.0. The summed E-state index contributed by atoms with van der Waals surface area (Å²) in [5, 5.41) is 1.14. The zero-order valence-corrected chi connectivity index (χ0v) is 16.0. The highest BCUT2D eigenvalue weighted by atomic mass is 16.5. The van der Waals surface area contributed by atoms with Crippen LogP contribution < -0.4 is 14.9 Å². The van der Waals surface area contributed by atoms with Crippen LogP contribution in [0, 0.1) is 0 Å². The summed E-state index contributed by atoms with van der Waals surface area (Å²) >= 11 is 0. The first-order valence-corrected chi connectivity index (χ1v) is 9.32. The van der Waals surface area contributed by atoms with Gasteiger partial charge in [0.05, 0.1) is 23.4 Å². The Bertz CT molecular complexity index is 1420. The third-order valence-corrected chi connectivity index (χ3v) is 4.81. The van der Waals surface area contributed by atoms with Crippen LogP contribution in [-0.2, 0) is 0 Å². The summed E-state index contributed by atoms with van der Waals surface area (Å²) in [5.74, 6) is 1.39. The predicted molar refractivity (Wildman–Crippen MR) is 114 cm³/mol. The van der Waals surface area contributed by atoms with E-state index < -0.39 is 0 Å². The highest BCUT2D eigenvalue weighted by Gasteiger charge is 2.20. The minimum absolute atomic E-state index is 0.0720. The van der Waals surface area contributed by atoms with Crippen LogP contribution in [0.4, 0.5) is 0 Å². The second-order valence-electron chi connectivity index (χ2n) is 6.61. The van der Waals surface area contributed by atoms with Gasteiger partial charge in [0.2, 0.25) is 17.1 Å². The molecule has 2 heterocycles. The molecule has 0 aliphatic heterocycles. The molecule has 6 heteroatoms. The maximum atomic E-state index is 13.3. The molecule has 0 aliphatic rings. The van der Waals surface area contributed by atoms with E-state index in [0.29, 0.717) is 33.4 Å². The SMILES string of the molecule is COc1ccc(-c2oc3ccccc3c(=O)c2Oc2ncnc3ccccc23)cc1. The fraction of sp³-hybridized carbons (Fsp3) is 0.0417. The van der Waals surface area contributed by atoms with E-state index in [-0.39, 0.29) is 17.1 Å². The summed E-state index contributed by atoms with van der Waals surface area (Å²) in [6.45, 7) is 0. The van der Waals surface area contributed by atoms with Gasteiger partial charge in [0.25, 0.3) is 0 Å². The predicted octanol–water partition coefficient (Wildman–Crippen LogP) is 5.20. The van der Waals surface area contributed by atoms with E-state index in [1.165, 1.54) is 6.33 Å². The summed E-state index contributed by atoms with van der Waals surface area (Å²) in [6.07, 6.45) is 1.41. The van der Waals surface area contributed by atoms with Crippen molar-refractivity contribution in [1.29, 1.82) is 0 Å². The number of benzene rings is 3. The largest absolute Gasteiger partial charge is 0.497 e. The Morgan fingerprint density at radius 2 is 1.57 bits per heavy atom. The molecule has 5 rings (SSSR count). The van der Waals surface area contributed by atoms with Crippen LogP contribution in [0.2, 0.25) is 0 Å². The van der Waals surface area contributed by atoms with Crippen LogP contribution in [0.1, 0.15) is 0 Å². The van der Waals surface area contributed by atoms with Gasteiger partial charge in [0.15, 0.2) is 5.76 Å². The quantitative estimate of drug-likeness (QED) is 0.415. The van der Waals surface area contributed by atoms with Crippen molar-refractivity contribution >= 4 is 21.9 Å². The van der Waals surface area contributed by atoms with Crippen LogP contribution in [0.25, 0.3) is 33.2 Å². The first-order valence-electron chi connectivity index (χ1n) is 9.32. The number of aromatic nitrogens is 2. The van der Waals surface area contributed by atoms with Gasteiger partial charge in [-0.2, -0.15) is 0 Å². The van der Waals surface area contributed by atoms with Gasteiger partial charge in [-0.1, -0.05) is 24.3 Å². The molecule has 3 aromatic carbocycles. The molecule has 0 aliphatic carbocycles. The smallest absolute Gasteiger partial charge is 0.235 e. The standard InChI is InChI=1S/C24H16N2O4/c1-28-16-12-10-15(11-13-16)22-23(21(27)18-7-3-5-9-20(18)29-22)30-24-17-6-2-4-8-19(17)25-14-26-24/h2-14H,1H3. The Morgan fingerprint density at radius 1 is 0.833 bits per heavy atom. The second-order valence-corrected chi connectivity index (χ2v) is 6.61. The summed E-state index contributed by atoms with van der Waals surface area (Å²) in [5.41, 5.74) is 1.62. The molecule has 0 bridgehead atoms. The number of methoxy groups -OCH3 is 1. The van der Waals surface area contributed by atoms with E-state index in [2.05, 4.69) is 9.97 Å². The highest BCUT2D eigenvalue weighted by molar-refractivity contribution is 5.85. The number of nitrogens with zero attached hydrogens (tertiary/aromatic N) is 2. The van der Waals surface area contributed by atoms with E-state index in [1.54, 1.807) is 37.4 Å². The van der Waals surface area contributed by atoms with Gasteiger partial charge in [0, 0.05) is 5.56 Å². The molecule has 0 atom stereocenters. The molecule has 0 saturated heterocycles. The Balaban J connectivity index is 1.74. The highest BCUT2D eigenvalue weighted by Crippen LogP contribution is 2.35. The molecular weight excluding hydrogens is 380 g/mol. The van der Waals surface area contributed by atoms with Crippen molar-refractivity contribution in [3.63, 3.8) is 0 Å². The van der Waals surface area contributed by atoms with Crippen molar-refractivity contribution in [1.82, 2.24) is 9.97 Å². The Morgan fingerprint density at radius 3 is 2.37 bits per heavy atom. The molecule has 0 saturated carbocycles. The van der Waals surface area contributed by atoms with Gasteiger partial charge in [-0.3, -0.25) is 4.79 Å². The number of hydrogen-bond acceptors (Lipinski definition) is 6. The van der Waals surface area contributed by atoms with Gasteiger partial charge >= 0.3 is 0 Å². The summed E-state index contributed by atoms with van der Waals surface area (Å²) < 4.78 is 17.4. The van der Waals surface area contributed by atoms with E-state index in [9.17, 15) is 4.79 Å². The molecule has 30 heavy (non-hydrogen) atoms. The van der Waals surface area contributed by atoms with Crippen LogP contribution in [0.3, 0.4) is 0 Å². The number of para-hydroxylation sites is 2. The van der Waals surface area contributed by atoms with Crippen LogP contribution in [0.5, 0.6) is 17.4 Å². The maximum absolute atomic E-state index is 13.3. The molecule has 0 unspecified atom stereocenters. The molecule has 2 aromatic heterocycles. The average Bonchev–Trinajstić information content (AvgIpc) is 2.81. The average molecular weight is 396 g/mol. The Labute approximate surface area is 171 Å². The molecular formula is C24H16N2O4.